The van der Waals surface area contributed by atoms with Crippen LogP contribution in [0.5, 0.6) is 5.75 Å². The van der Waals surface area contributed by atoms with E-state index < -0.39 is 0 Å². The van der Waals surface area contributed by atoms with Gasteiger partial charge in [-0.2, -0.15) is 0 Å². The van der Waals surface area contributed by atoms with Gasteiger partial charge in [-0.1, -0.05) is 12.1 Å². The first kappa shape index (κ1) is 24.5. The van der Waals surface area contributed by atoms with Crippen molar-refractivity contribution in [3.63, 3.8) is 0 Å². The Balaban J connectivity index is 0.997. The number of hydrogen-bond donors (Lipinski definition) is 3. The average molecular weight is 528 g/mol. The molecule has 10 nitrogen and oxygen atoms in total. The molecule has 0 spiro atoms. The number of aromatic hydroxyl groups is 1. The number of rotatable bonds is 4. The van der Waals surface area contributed by atoms with E-state index in [4.69, 9.17) is 9.97 Å². The van der Waals surface area contributed by atoms with Crippen LogP contribution in [0, 0.1) is 0 Å². The SMILES string of the molecule is Oc1ccccc1-c1cc2c(nn1)NC[C@H]1CN(c3ncc(C4CCN(C5CCNCC5)CC4)cn3)CCN21. The highest BCUT2D eigenvalue weighted by Gasteiger charge is 2.34. The average Bonchev–Trinajstić information content (AvgIpc) is 3.01. The van der Waals surface area contributed by atoms with Crippen LogP contribution >= 0.6 is 0 Å². The van der Waals surface area contributed by atoms with Crippen molar-refractivity contribution in [2.45, 2.75) is 43.7 Å². The number of piperazine rings is 1. The molecule has 3 saturated heterocycles. The van der Waals surface area contributed by atoms with Gasteiger partial charge < -0.3 is 30.4 Å². The van der Waals surface area contributed by atoms with Gasteiger partial charge in [0.2, 0.25) is 5.95 Å². The third-order valence-corrected chi connectivity index (χ3v) is 9.02. The third kappa shape index (κ3) is 4.87. The van der Waals surface area contributed by atoms with Gasteiger partial charge in [0.1, 0.15) is 5.75 Å². The number of piperidine rings is 2. The van der Waals surface area contributed by atoms with Gasteiger partial charge >= 0.3 is 0 Å². The summed E-state index contributed by atoms with van der Waals surface area (Å²) in [4.78, 5) is 17.1. The number of phenolic OH excluding ortho intramolecular Hbond substituents is 1. The second-order valence-corrected chi connectivity index (χ2v) is 11.3. The van der Waals surface area contributed by atoms with E-state index in [1.54, 1.807) is 6.07 Å². The van der Waals surface area contributed by atoms with E-state index in [0.29, 0.717) is 17.2 Å². The minimum atomic E-state index is 0.213. The van der Waals surface area contributed by atoms with Gasteiger partial charge in [-0.3, -0.25) is 0 Å². The molecule has 204 valence electrons. The lowest BCUT2D eigenvalue weighted by molar-refractivity contribution is 0.127. The zero-order valence-corrected chi connectivity index (χ0v) is 22.3. The molecule has 0 radical (unpaired) electrons. The van der Waals surface area contributed by atoms with E-state index in [-0.39, 0.29) is 11.8 Å². The summed E-state index contributed by atoms with van der Waals surface area (Å²) in [5.74, 6) is 2.39. The second-order valence-electron chi connectivity index (χ2n) is 11.3. The molecule has 0 bridgehead atoms. The van der Waals surface area contributed by atoms with Gasteiger partial charge in [0, 0.05) is 50.2 Å². The third-order valence-electron chi connectivity index (χ3n) is 9.02. The van der Waals surface area contributed by atoms with E-state index >= 15 is 0 Å². The zero-order valence-electron chi connectivity index (χ0n) is 22.3. The molecule has 10 heteroatoms. The van der Waals surface area contributed by atoms with Crippen LogP contribution in [0.25, 0.3) is 11.3 Å². The monoisotopic (exact) mass is 527 g/mol. The Labute approximate surface area is 229 Å². The molecule has 39 heavy (non-hydrogen) atoms. The molecule has 0 unspecified atom stereocenters. The molecule has 3 aromatic rings. The van der Waals surface area contributed by atoms with Gasteiger partial charge in [0.15, 0.2) is 5.82 Å². The lowest BCUT2D eigenvalue weighted by Crippen LogP contribution is -2.58. The molecule has 0 aliphatic carbocycles. The van der Waals surface area contributed by atoms with Crippen molar-refractivity contribution in [2.24, 2.45) is 0 Å². The van der Waals surface area contributed by atoms with E-state index in [0.717, 1.165) is 62.8 Å². The molecular formula is C29H37N9O. The van der Waals surface area contributed by atoms with Gasteiger partial charge in [-0.15, -0.1) is 10.2 Å². The smallest absolute Gasteiger partial charge is 0.225 e. The topological polar surface area (TPSA) is 106 Å². The molecule has 0 amide bonds. The zero-order chi connectivity index (χ0) is 26.2. The highest BCUT2D eigenvalue weighted by molar-refractivity contribution is 5.76. The molecule has 6 heterocycles. The van der Waals surface area contributed by atoms with Crippen LogP contribution in [0.3, 0.4) is 0 Å². The van der Waals surface area contributed by atoms with E-state index in [1.807, 2.05) is 24.3 Å². The van der Waals surface area contributed by atoms with Crippen LogP contribution in [-0.2, 0) is 0 Å². The molecule has 4 aliphatic heterocycles. The molecule has 0 saturated carbocycles. The van der Waals surface area contributed by atoms with Gasteiger partial charge in [-0.25, -0.2) is 9.97 Å². The highest BCUT2D eigenvalue weighted by Crippen LogP contribution is 2.36. The first-order chi connectivity index (χ1) is 19.2. The Morgan fingerprint density at radius 1 is 0.872 bits per heavy atom. The Bertz CT molecular complexity index is 1290. The van der Waals surface area contributed by atoms with E-state index in [2.05, 4.69) is 47.9 Å². The number of hydrogen-bond acceptors (Lipinski definition) is 10. The summed E-state index contributed by atoms with van der Waals surface area (Å²) in [6.45, 7) is 8.02. The predicted molar refractivity (Wildman–Crippen MR) is 152 cm³/mol. The molecule has 1 atom stereocenters. The molecule has 1 aromatic carbocycles. The lowest BCUT2D eigenvalue weighted by atomic mass is 9.89. The summed E-state index contributed by atoms with van der Waals surface area (Å²) in [5, 5.41) is 26.0. The maximum absolute atomic E-state index is 10.3. The lowest BCUT2D eigenvalue weighted by Gasteiger charge is -2.45. The Morgan fingerprint density at radius 2 is 1.67 bits per heavy atom. The van der Waals surface area contributed by atoms with Crippen LogP contribution in [0.1, 0.15) is 37.2 Å². The largest absolute Gasteiger partial charge is 0.507 e. The Morgan fingerprint density at radius 3 is 2.46 bits per heavy atom. The maximum atomic E-state index is 10.3. The predicted octanol–water partition coefficient (Wildman–Crippen LogP) is 2.69. The first-order valence-electron chi connectivity index (χ1n) is 14.4. The van der Waals surface area contributed by atoms with Crippen LogP contribution in [0.15, 0.2) is 42.7 Å². The number of nitrogens with one attached hydrogen (secondary N) is 2. The summed E-state index contributed by atoms with van der Waals surface area (Å²) >= 11 is 0. The highest BCUT2D eigenvalue weighted by atomic mass is 16.3. The maximum Gasteiger partial charge on any atom is 0.225 e. The molecule has 2 aromatic heterocycles. The Kier molecular flexibility index (Phi) is 6.65. The van der Waals surface area contributed by atoms with Gasteiger partial charge in [0.25, 0.3) is 0 Å². The summed E-state index contributed by atoms with van der Waals surface area (Å²) < 4.78 is 0. The quantitative estimate of drug-likeness (QED) is 0.469. The number of anilines is 3. The standard InChI is InChI=1S/C29H37N9O/c39-27-4-2-1-3-24(27)25-15-26-28(35-34-25)31-18-23-19-37(13-14-38(23)26)29-32-16-21(17-33-29)20-7-11-36(12-8-20)22-5-9-30-10-6-22/h1-4,15-17,20,22-23,30,39H,5-14,18-19H2,(H,31,35)/t23-/m0/s1. The number of aromatic nitrogens is 4. The molecule has 3 fully saturated rings. The van der Waals surface area contributed by atoms with Crippen molar-refractivity contribution in [3.8, 4) is 17.0 Å². The first-order valence-corrected chi connectivity index (χ1v) is 14.4. The minimum absolute atomic E-state index is 0.213. The number of phenols is 1. The van der Waals surface area contributed by atoms with Crippen LogP contribution in [0.4, 0.5) is 17.5 Å². The normalized spacial score (nSPS) is 22.7. The number of nitrogens with zero attached hydrogens (tertiary/aromatic N) is 7. The van der Waals surface area contributed by atoms with Crippen molar-refractivity contribution in [1.29, 1.82) is 0 Å². The number of para-hydroxylation sites is 1. The van der Waals surface area contributed by atoms with Crippen molar-refractivity contribution < 1.29 is 5.11 Å². The van der Waals surface area contributed by atoms with Crippen molar-refractivity contribution in [1.82, 2.24) is 30.4 Å². The number of likely N-dealkylation sites (tertiary alicyclic amines) is 1. The van der Waals surface area contributed by atoms with Crippen LogP contribution in [-0.4, -0.2) is 94.6 Å². The van der Waals surface area contributed by atoms with Gasteiger partial charge in [0.05, 0.1) is 17.4 Å². The number of fused-ring (bicyclic) bond motifs is 3. The minimum Gasteiger partial charge on any atom is -0.507 e. The molecule has 7 rings (SSSR count). The summed E-state index contributed by atoms with van der Waals surface area (Å²) in [7, 11) is 0. The van der Waals surface area contributed by atoms with E-state index in [1.165, 1.54) is 44.3 Å². The molecular weight excluding hydrogens is 490 g/mol. The van der Waals surface area contributed by atoms with Crippen molar-refractivity contribution in [2.75, 3.05) is 67.5 Å². The van der Waals surface area contributed by atoms with Crippen molar-refractivity contribution in [3.05, 3.63) is 48.3 Å². The summed E-state index contributed by atoms with van der Waals surface area (Å²) in [6.07, 6.45) is 9.10. The Hall–Kier alpha value is -3.50. The summed E-state index contributed by atoms with van der Waals surface area (Å²) in [5.41, 5.74) is 3.69. The molecule has 4 aliphatic rings. The fourth-order valence-corrected chi connectivity index (χ4v) is 6.77. The fourth-order valence-electron chi connectivity index (χ4n) is 6.77. The van der Waals surface area contributed by atoms with Gasteiger partial charge in [-0.05, 0) is 81.5 Å². The fraction of sp³-hybridized carbons (Fsp3) is 0.517. The van der Waals surface area contributed by atoms with Crippen LogP contribution < -0.4 is 20.4 Å². The second kappa shape index (κ2) is 10.6. The number of benzene rings is 1. The summed E-state index contributed by atoms with van der Waals surface area (Å²) in [6, 6.07) is 10.3. The molecule has 3 N–H and O–H groups in total. The van der Waals surface area contributed by atoms with Crippen LogP contribution in [0.2, 0.25) is 0 Å². The van der Waals surface area contributed by atoms with Crippen molar-refractivity contribution >= 4 is 17.5 Å². The van der Waals surface area contributed by atoms with E-state index in [9.17, 15) is 5.11 Å².